The van der Waals surface area contributed by atoms with Crippen LogP contribution in [0, 0.1) is 0 Å². The van der Waals surface area contributed by atoms with Crippen LogP contribution in [-0.4, -0.2) is 37.5 Å². The highest BCUT2D eigenvalue weighted by molar-refractivity contribution is 6.30. The minimum Gasteiger partial charge on any atom is -0.394 e. The molecule has 1 aromatic rings. The third kappa shape index (κ3) is 4.77. The minimum atomic E-state index is 0.110. The second-order valence-electron chi connectivity index (χ2n) is 5.06. The fourth-order valence-electron chi connectivity index (χ4n) is 2.44. The van der Waals surface area contributed by atoms with Crippen molar-refractivity contribution in [3.63, 3.8) is 0 Å². The summed E-state index contributed by atoms with van der Waals surface area (Å²) in [6.45, 7) is 2.27. The Morgan fingerprint density at radius 2 is 1.95 bits per heavy atom. The quantitative estimate of drug-likeness (QED) is 0.721. The first kappa shape index (κ1) is 14.8. The van der Waals surface area contributed by atoms with Crippen LogP contribution in [0.5, 0.6) is 0 Å². The number of halogens is 1. The lowest BCUT2D eigenvalue weighted by atomic mass is 9.76. The Morgan fingerprint density at radius 3 is 2.63 bits per heavy atom. The molecular weight excluding hydrogens is 262 g/mol. The van der Waals surface area contributed by atoms with E-state index in [1.165, 1.54) is 18.4 Å². The monoisotopic (exact) mass is 283 g/mol. The first-order valence-corrected chi connectivity index (χ1v) is 7.35. The third-order valence-corrected chi connectivity index (χ3v) is 3.87. The summed E-state index contributed by atoms with van der Waals surface area (Å²) >= 11 is 5.89. The molecule has 0 atom stereocenters. The summed E-state index contributed by atoms with van der Waals surface area (Å²) in [5.41, 5.74) is 1.40. The topological polar surface area (TPSA) is 41.5 Å². The molecule has 1 fully saturated rings. The van der Waals surface area contributed by atoms with Gasteiger partial charge in [-0.2, -0.15) is 0 Å². The average molecular weight is 284 g/mol. The van der Waals surface area contributed by atoms with E-state index in [1.807, 2.05) is 12.1 Å². The van der Waals surface area contributed by atoms with E-state index in [-0.39, 0.29) is 6.61 Å². The SMILES string of the molecule is OCCOCCCNC1CC(c2ccc(Cl)cc2)C1. The van der Waals surface area contributed by atoms with E-state index in [0.717, 1.165) is 24.6 Å². The molecule has 0 saturated heterocycles. The van der Waals surface area contributed by atoms with Crippen LogP contribution in [0.3, 0.4) is 0 Å². The predicted octanol–water partition coefficient (Wildman–Crippen LogP) is 2.57. The van der Waals surface area contributed by atoms with Gasteiger partial charge in [0.1, 0.15) is 0 Å². The molecule has 0 bridgehead atoms. The second-order valence-corrected chi connectivity index (χ2v) is 5.50. The van der Waals surface area contributed by atoms with Gasteiger partial charge in [-0.25, -0.2) is 0 Å². The smallest absolute Gasteiger partial charge is 0.0697 e. The van der Waals surface area contributed by atoms with Crippen molar-refractivity contribution in [3.05, 3.63) is 34.9 Å². The molecule has 19 heavy (non-hydrogen) atoms. The zero-order chi connectivity index (χ0) is 13.5. The van der Waals surface area contributed by atoms with E-state index in [0.29, 0.717) is 18.6 Å². The van der Waals surface area contributed by atoms with E-state index >= 15 is 0 Å². The van der Waals surface area contributed by atoms with Crippen molar-refractivity contribution in [2.45, 2.75) is 31.2 Å². The summed E-state index contributed by atoms with van der Waals surface area (Å²) in [4.78, 5) is 0. The molecule has 1 aliphatic rings. The van der Waals surface area contributed by atoms with Crippen molar-refractivity contribution in [2.24, 2.45) is 0 Å². The number of nitrogens with one attached hydrogen (secondary N) is 1. The van der Waals surface area contributed by atoms with E-state index in [9.17, 15) is 0 Å². The first-order chi connectivity index (χ1) is 9.29. The number of hydrogen-bond donors (Lipinski definition) is 2. The highest BCUT2D eigenvalue weighted by atomic mass is 35.5. The van der Waals surface area contributed by atoms with Crippen molar-refractivity contribution in [1.82, 2.24) is 5.32 Å². The zero-order valence-corrected chi connectivity index (χ0v) is 11.9. The van der Waals surface area contributed by atoms with Crippen LogP contribution in [0.1, 0.15) is 30.7 Å². The number of aliphatic hydroxyl groups excluding tert-OH is 1. The molecule has 0 spiro atoms. The van der Waals surface area contributed by atoms with Crippen LogP contribution >= 0.6 is 11.6 Å². The number of aliphatic hydroxyl groups is 1. The van der Waals surface area contributed by atoms with Crippen molar-refractivity contribution in [1.29, 1.82) is 0 Å². The highest BCUT2D eigenvalue weighted by Crippen LogP contribution is 2.37. The largest absolute Gasteiger partial charge is 0.394 e. The number of benzene rings is 1. The molecular formula is C15H22ClNO2. The van der Waals surface area contributed by atoms with Gasteiger partial charge < -0.3 is 15.2 Å². The zero-order valence-electron chi connectivity index (χ0n) is 11.1. The van der Waals surface area contributed by atoms with Gasteiger partial charge in [0.25, 0.3) is 0 Å². The van der Waals surface area contributed by atoms with Crippen molar-refractivity contribution in [2.75, 3.05) is 26.4 Å². The average Bonchev–Trinajstić information content (AvgIpc) is 2.37. The lowest BCUT2D eigenvalue weighted by Crippen LogP contribution is -2.40. The standard InChI is InChI=1S/C15H22ClNO2/c16-14-4-2-12(3-5-14)13-10-15(11-13)17-6-1-8-19-9-7-18/h2-5,13,15,17-18H,1,6-11H2. The summed E-state index contributed by atoms with van der Waals surface area (Å²) in [5.74, 6) is 0.681. The van der Waals surface area contributed by atoms with Gasteiger partial charge in [-0.15, -0.1) is 0 Å². The lowest BCUT2D eigenvalue weighted by Gasteiger charge is -2.36. The fraction of sp³-hybridized carbons (Fsp3) is 0.600. The van der Waals surface area contributed by atoms with Crippen LogP contribution in [0.25, 0.3) is 0 Å². The normalized spacial score (nSPS) is 22.2. The molecule has 1 aliphatic carbocycles. The fourth-order valence-corrected chi connectivity index (χ4v) is 2.56. The third-order valence-electron chi connectivity index (χ3n) is 3.61. The Hall–Kier alpha value is -0.610. The Morgan fingerprint density at radius 1 is 1.21 bits per heavy atom. The lowest BCUT2D eigenvalue weighted by molar-refractivity contribution is 0.0897. The summed E-state index contributed by atoms with van der Waals surface area (Å²) < 4.78 is 5.22. The molecule has 0 heterocycles. The van der Waals surface area contributed by atoms with Crippen LogP contribution in [-0.2, 0) is 4.74 Å². The highest BCUT2D eigenvalue weighted by Gasteiger charge is 2.29. The van der Waals surface area contributed by atoms with E-state index in [2.05, 4.69) is 17.4 Å². The summed E-state index contributed by atoms with van der Waals surface area (Å²) in [6.07, 6.45) is 3.42. The summed E-state index contributed by atoms with van der Waals surface area (Å²) in [7, 11) is 0. The van der Waals surface area contributed by atoms with Gasteiger partial charge in [-0.3, -0.25) is 0 Å². The molecule has 106 valence electrons. The molecule has 1 saturated carbocycles. The molecule has 0 radical (unpaired) electrons. The van der Waals surface area contributed by atoms with Gasteiger partial charge in [0.15, 0.2) is 0 Å². The number of hydrogen-bond acceptors (Lipinski definition) is 3. The Kier molecular flexibility index (Phi) is 6.11. The van der Waals surface area contributed by atoms with Crippen LogP contribution < -0.4 is 5.32 Å². The van der Waals surface area contributed by atoms with Gasteiger partial charge >= 0.3 is 0 Å². The van der Waals surface area contributed by atoms with Crippen molar-refractivity contribution >= 4 is 11.6 Å². The van der Waals surface area contributed by atoms with E-state index in [1.54, 1.807) is 0 Å². The molecule has 0 aromatic heterocycles. The maximum atomic E-state index is 8.56. The van der Waals surface area contributed by atoms with Crippen molar-refractivity contribution in [3.8, 4) is 0 Å². The minimum absolute atomic E-state index is 0.110. The Bertz CT molecular complexity index is 363. The maximum absolute atomic E-state index is 8.56. The molecule has 4 heteroatoms. The molecule has 1 aromatic carbocycles. The maximum Gasteiger partial charge on any atom is 0.0697 e. The molecule has 2 N–H and O–H groups in total. The number of rotatable bonds is 8. The Labute approximate surface area is 119 Å². The summed E-state index contributed by atoms with van der Waals surface area (Å²) in [5, 5.41) is 12.9. The van der Waals surface area contributed by atoms with Gasteiger partial charge in [0, 0.05) is 17.7 Å². The van der Waals surface area contributed by atoms with Crippen LogP contribution in [0.2, 0.25) is 5.02 Å². The second kappa shape index (κ2) is 7.85. The van der Waals surface area contributed by atoms with Gasteiger partial charge in [0.2, 0.25) is 0 Å². The Balaban J connectivity index is 1.55. The number of ether oxygens (including phenoxy) is 1. The van der Waals surface area contributed by atoms with E-state index < -0.39 is 0 Å². The summed E-state index contributed by atoms with van der Waals surface area (Å²) in [6, 6.07) is 8.84. The first-order valence-electron chi connectivity index (χ1n) is 6.97. The molecule has 0 amide bonds. The van der Waals surface area contributed by atoms with Gasteiger partial charge in [-0.05, 0) is 49.4 Å². The molecule has 0 unspecified atom stereocenters. The van der Waals surface area contributed by atoms with Gasteiger partial charge in [-0.1, -0.05) is 23.7 Å². The van der Waals surface area contributed by atoms with Gasteiger partial charge in [0.05, 0.1) is 13.2 Å². The molecule has 0 aliphatic heterocycles. The predicted molar refractivity (Wildman–Crippen MR) is 77.7 cm³/mol. The molecule has 2 rings (SSSR count). The van der Waals surface area contributed by atoms with Crippen LogP contribution in [0.4, 0.5) is 0 Å². The van der Waals surface area contributed by atoms with E-state index in [4.69, 9.17) is 21.4 Å². The molecule has 3 nitrogen and oxygen atoms in total. The van der Waals surface area contributed by atoms with Crippen molar-refractivity contribution < 1.29 is 9.84 Å². The van der Waals surface area contributed by atoms with Crippen LogP contribution in [0.15, 0.2) is 24.3 Å².